The lowest BCUT2D eigenvalue weighted by Crippen LogP contribution is -2.39. The molecule has 1 saturated carbocycles. The zero-order valence-corrected chi connectivity index (χ0v) is 7.84. The molecular weight excluding hydrogens is 150 g/mol. The van der Waals surface area contributed by atoms with Gasteiger partial charge in [0.2, 0.25) is 0 Å². The van der Waals surface area contributed by atoms with Crippen molar-refractivity contribution in [2.75, 3.05) is 19.9 Å². The van der Waals surface area contributed by atoms with Crippen LogP contribution in [0.4, 0.5) is 0 Å². The fraction of sp³-hybridized carbons (Fsp3) is 1.00. The molecule has 1 aliphatic rings. The highest BCUT2D eigenvalue weighted by Crippen LogP contribution is 2.23. The molecule has 0 heterocycles. The van der Waals surface area contributed by atoms with Crippen LogP contribution in [0.1, 0.15) is 32.1 Å². The molecule has 0 atom stereocenters. The minimum Gasteiger partial charge on any atom is -0.318 e. The van der Waals surface area contributed by atoms with Gasteiger partial charge in [-0.25, -0.2) is 0 Å². The van der Waals surface area contributed by atoms with E-state index < -0.39 is 0 Å². The third-order valence-corrected chi connectivity index (χ3v) is 2.76. The molecule has 0 amide bonds. The van der Waals surface area contributed by atoms with Crippen LogP contribution in [0.25, 0.3) is 0 Å². The minimum atomic E-state index is 0.604. The fourth-order valence-electron chi connectivity index (χ4n) is 1.96. The monoisotopic (exact) mass is 171 g/mol. The summed E-state index contributed by atoms with van der Waals surface area (Å²) in [7, 11) is 0. The van der Waals surface area contributed by atoms with Crippen molar-refractivity contribution in [2.24, 2.45) is 17.4 Å². The van der Waals surface area contributed by atoms with Crippen molar-refractivity contribution in [3.63, 3.8) is 0 Å². The van der Waals surface area contributed by atoms with E-state index in [1.165, 1.54) is 32.1 Å². The summed E-state index contributed by atoms with van der Waals surface area (Å²) in [6.45, 7) is 2.31. The van der Waals surface area contributed by atoms with Gasteiger partial charge in [0.05, 0.1) is 0 Å². The predicted molar refractivity (Wildman–Crippen MR) is 51.4 cm³/mol. The summed E-state index contributed by atoms with van der Waals surface area (Å²) in [4.78, 5) is 2.12. The Morgan fingerprint density at radius 2 is 1.58 bits per heavy atom. The van der Waals surface area contributed by atoms with Gasteiger partial charge in [-0.15, -0.1) is 0 Å². The van der Waals surface area contributed by atoms with Gasteiger partial charge in [0.1, 0.15) is 0 Å². The van der Waals surface area contributed by atoms with Gasteiger partial charge in [0.15, 0.2) is 0 Å². The molecule has 0 bridgehead atoms. The number of nitrogens with two attached hydrogens (primary N) is 2. The number of hydrogen-bond acceptors (Lipinski definition) is 3. The second-order valence-corrected chi connectivity index (χ2v) is 3.72. The van der Waals surface area contributed by atoms with E-state index >= 15 is 0 Å². The third kappa shape index (κ3) is 3.09. The Balaban J connectivity index is 2.18. The maximum atomic E-state index is 5.55. The van der Waals surface area contributed by atoms with Crippen LogP contribution in [-0.4, -0.2) is 24.8 Å². The van der Waals surface area contributed by atoms with Crippen molar-refractivity contribution in [1.82, 2.24) is 4.90 Å². The van der Waals surface area contributed by atoms with E-state index in [4.69, 9.17) is 11.5 Å². The van der Waals surface area contributed by atoms with Crippen molar-refractivity contribution < 1.29 is 0 Å². The highest BCUT2D eigenvalue weighted by atomic mass is 15.2. The molecule has 0 radical (unpaired) electrons. The number of rotatable bonds is 4. The summed E-state index contributed by atoms with van der Waals surface area (Å²) in [6, 6.07) is 0. The Hall–Kier alpha value is -0.120. The first-order chi connectivity index (χ1) is 5.86. The van der Waals surface area contributed by atoms with Gasteiger partial charge >= 0.3 is 0 Å². The average molecular weight is 171 g/mol. The molecule has 1 aliphatic carbocycles. The van der Waals surface area contributed by atoms with E-state index in [-0.39, 0.29) is 0 Å². The van der Waals surface area contributed by atoms with Gasteiger partial charge in [-0.2, -0.15) is 0 Å². The topological polar surface area (TPSA) is 55.3 Å². The lowest BCUT2D eigenvalue weighted by atomic mass is 9.89. The normalized spacial score (nSPS) is 20.2. The van der Waals surface area contributed by atoms with Crippen molar-refractivity contribution >= 4 is 0 Å². The first-order valence-electron chi connectivity index (χ1n) is 4.99. The maximum absolute atomic E-state index is 5.55. The molecule has 4 N–H and O–H groups in total. The smallest absolute Gasteiger partial charge is 0.0467 e. The average Bonchev–Trinajstić information content (AvgIpc) is 2.16. The molecule has 1 fully saturated rings. The molecule has 3 nitrogen and oxygen atoms in total. The Bertz CT molecular complexity index is 106. The molecule has 0 aliphatic heterocycles. The van der Waals surface area contributed by atoms with Crippen LogP contribution in [0, 0.1) is 5.92 Å². The van der Waals surface area contributed by atoms with Crippen molar-refractivity contribution in [2.45, 2.75) is 32.1 Å². The fourth-order valence-corrected chi connectivity index (χ4v) is 1.96. The summed E-state index contributed by atoms with van der Waals surface area (Å²) in [5.74, 6) is 0.853. The maximum Gasteiger partial charge on any atom is 0.0467 e. The molecule has 0 saturated heterocycles. The lowest BCUT2D eigenvalue weighted by Gasteiger charge is -2.27. The number of nitrogens with zero attached hydrogens (tertiary/aromatic N) is 1. The van der Waals surface area contributed by atoms with Gasteiger partial charge < -0.3 is 11.5 Å². The zero-order valence-electron chi connectivity index (χ0n) is 7.84. The first-order valence-corrected chi connectivity index (χ1v) is 4.99. The molecular formula is C9H21N3. The summed E-state index contributed by atoms with van der Waals surface area (Å²) >= 11 is 0. The summed E-state index contributed by atoms with van der Waals surface area (Å²) in [5, 5.41) is 0. The minimum absolute atomic E-state index is 0.604. The van der Waals surface area contributed by atoms with E-state index in [1.807, 2.05) is 0 Å². The Labute approximate surface area is 75.1 Å². The Morgan fingerprint density at radius 3 is 2.08 bits per heavy atom. The standard InChI is InChI=1S/C9H21N3/c10-7-12(8-11)6-9-4-2-1-3-5-9/h9H,1-8,10-11H2. The van der Waals surface area contributed by atoms with E-state index in [0.29, 0.717) is 13.3 Å². The predicted octanol–water partition coefficient (Wildman–Crippen LogP) is 0.701. The van der Waals surface area contributed by atoms with E-state index in [1.54, 1.807) is 0 Å². The molecule has 12 heavy (non-hydrogen) atoms. The number of hydrogen-bond donors (Lipinski definition) is 2. The van der Waals surface area contributed by atoms with Crippen molar-refractivity contribution in [3.8, 4) is 0 Å². The second kappa shape index (κ2) is 5.51. The van der Waals surface area contributed by atoms with Gasteiger partial charge in [0, 0.05) is 19.9 Å². The highest BCUT2D eigenvalue weighted by Gasteiger charge is 2.15. The van der Waals surface area contributed by atoms with Crippen LogP contribution in [0.15, 0.2) is 0 Å². The molecule has 1 rings (SSSR count). The zero-order chi connectivity index (χ0) is 8.81. The van der Waals surface area contributed by atoms with Crippen LogP contribution < -0.4 is 11.5 Å². The third-order valence-electron chi connectivity index (χ3n) is 2.76. The quantitative estimate of drug-likeness (QED) is 0.612. The van der Waals surface area contributed by atoms with Crippen LogP contribution in [0.3, 0.4) is 0 Å². The summed E-state index contributed by atoms with van der Waals surface area (Å²) in [6.07, 6.45) is 6.95. The van der Waals surface area contributed by atoms with Crippen molar-refractivity contribution in [1.29, 1.82) is 0 Å². The summed E-state index contributed by atoms with van der Waals surface area (Å²) < 4.78 is 0. The van der Waals surface area contributed by atoms with E-state index in [0.717, 1.165) is 12.5 Å². The molecule has 0 unspecified atom stereocenters. The van der Waals surface area contributed by atoms with Crippen LogP contribution in [-0.2, 0) is 0 Å². The van der Waals surface area contributed by atoms with E-state index in [9.17, 15) is 0 Å². The SMILES string of the molecule is NCN(CN)CC1CCCCC1. The summed E-state index contributed by atoms with van der Waals surface area (Å²) in [5.41, 5.74) is 11.1. The largest absolute Gasteiger partial charge is 0.318 e. The molecule has 0 aromatic rings. The molecule has 0 aromatic carbocycles. The van der Waals surface area contributed by atoms with Gasteiger partial charge in [-0.3, -0.25) is 4.90 Å². The molecule has 3 heteroatoms. The van der Waals surface area contributed by atoms with Crippen LogP contribution in [0.2, 0.25) is 0 Å². The van der Waals surface area contributed by atoms with Crippen LogP contribution >= 0.6 is 0 Å². The Morgan fingerprint density at radius 1 is 1.00 bits per heavy atom. The van der Waals surface area contributed by atoms with Gasteiger partial charge in [-0.1, -0.05) is 19.3 Å². The van der Waals surface area contributed by atoms with Gasteiger partial charge in [-0.05, 0) is 18.8 Å². The Kier molecular flexibility index (Phi) is 4.58. The van der Waals surface area contributed by atoms with Crippen LogP contribution in [0.5, 0.6) is 0 Å². The van der Waals surface area contributed by atoms with Gasteiger partial charge in [0.25, 0.3) is 0 Å². The molecule has 0 aromatic heterocycles. The first kappa shape index (κ1) is 9.96. The molecule has 0 spiro atoms. The van der Waals surface area contributed by atoms with Crippen molar-refractivity contribution in [3.05, 3.63) is 0 Å². The molecule has 72 valence electrons. The highest BCUT2D eigenvalue weighted by molar-refractivity contribution is 4.68. The van der Waals surface area contributed by atoms with E-state index in [2.05, 4.69) is 4.90 Å². The second-order valence-electron chi connectivity index (χ2n) is 3.72. The lowest BCUT2D eigenvalue weighted by molar-refractivity contribution is 0.209.